The molecule has 0 aliphatic carbocycles. The predicted octanol–water partition coefficient (Wildman–Crippen LogP) is 3.87. The van der Waals surface area contributed by atoms with Gasteiger partial charge in [-0.2, -0.15) is 0 Å². The van der Waals surface area contributed by atoms with E-state index in [4.69, 9.17) is 14.5 Å². The molecule has 10 heteroatoms. The molecule has 1 aromatic carbocycles. The Hall–Kier alpha value is -4.02. The Morgan fingerprint density at radius 3 is 2.63 bits per heavy atom. The standard InChI is InChI=1S/C33H36N4O6/c1-3-22-23-16-21(43-32(40)36-14-10-20(11-15-36)35-12-6-5-7-13-35)8-9-27(23)34-29-24(22)18-37-28(29)17-26-25(30(37)38)19-42-31(39)33(26,41)4-2/h4,8-9,16-17,20,41H,2-3,5-7,10-15,18-19H2,1H3/t33-/m0/s1. The number of rotatable bonds is 4. The summed E-state index contributed by atoms with van der Waals surface area (Å²) in [4.78, 5) is 48.4. The van der Waals surface area contributed by atoms with Gasteiger partial charge < -0.3 is 28.9 Å². The number of ether oxygens (including phenoxy) is 2. The second kappa shape index (κ2) is 10.6. The molecular formula is C33H36N4O6. The zero-order valence-corrected chi connectivity index (χ0v) is 24.4. The van der Waals surface area contributed by atoms with Gasteiger partial charge in [-0.1, -0.05) is 19.9 Å². The van der Waals surface area contributed by atoms with Crippen LogP contribution in [0.2, 0.25) is 0 Å². The zero-order chi connectivity index (χ0) is 29.9. The summed E-state index contributed by atoms with van der Waals surface area (Å²) in [6.45, 7) is 9.46. The van der Waals surface area contributed by atoms with Gasteiger partial charge in [0.1, 0.15) is 12.4 Å². The SMILES string of the molecule is C=C[C@@]1(O)C(=O)OCc2c1cc1n(c2=O)Cc2c-1nc1ccc(OC(=O)N3CCC(N4CCCCC4)CC3)cc1c2CC. The van der Waals surface area contributed by atoms with E-state index in [1.54, 1.807) is 21.6 Å². The minimum absolute atomic E-state index is 0.185. The van der Waals surface area contributed by atoms with Crippen LogP contribution >= 0.6 is 0 Å². The third kappa shape index (κ3) is 4.46. The number of pyridine rings is 2. The van der Waals surface area contributed by atoms with Crippen molar-refractivity contribution in [3.05, 3.63) is 69.5 Å². The molecule has 2 fully saturated rings. The van der Waals surface area contributed by atoms with E-state index >= 15 is 0 Å². The van der Waals surface area contributed by atoms with Crippen LogP contribution in [0.4, 0.5) is 4.79 Å². The van der Waals surface area contributed by atoms with E-state index in [2.05, 4.69) is 11.5 Å². The van der Waals surface area contributed by atoms with Crippen molar-refractivity contribution in [1.29, 1.82) is 0 Å². The van der Waals surface area contributed by atoms with E-state index in [1.165, 1.54) is 19.3 Å². The minimum Gasteiger partial charge on any atom is -0.458 e. The lowest BCUT2D eigenvalue weighted by Crippen LogP contribution is -2.48. The highest BCUT2D eigenvalue weighted by Gasteiger charge is 2.44. The van der Waals surface area contributed by atoms with Crippen molar-refractivity contribution in [3.63, 3.8) is 0 Å². The smallest absolute Gasteiger partial charge is 0.415 e. The molecule has 0 spiro atoms. The second-order valence-electron chi connectivity index (χ2n) is 12.0. The zero-order valence-electron chi connectivity index (χ0n) is 24.4. The van der Waals surface area contributed by atoms with E-state index in [0.717, 1.165) is 48.5 Å². The Morgan fingerprint density at radius 1 is 1.14 bits per heavy atom. The van der Waals surface area contributed by atoms with Crippen molar-refractivity contribution in [2.24, 2.45) is 0 Å². The normalized spacial score (nSPS) is 22.1. The first-order valence-electron chi connectivity index (χ1n) is 15.3. The molecule has 224 valence electrons. The van der Waals surface area contributed by atoms with Crippen LogP contribution in [-0.4, -0.2) is 68.7 Å². The van der Waals surface area contributed by atoms with Crippen molar-refractivity contribution < 1.29 is 24.2 Å². The molecule has 43 heavy (non-hydrogen) atoms. The van der Waals surface area contributed by atoms with E-state index in [9.17, 15) is 19.5 Å². The number of nitrogens with zero attached hydrogens (tertiary/aromatic N) is 4. The maximum absolute atomic E-state index is 13.5. The molecular weight excluding hydrogens is 548 g/mol. The first kappa shape index (κ1) is 27.8. The molecule has 0 bridgehead atoms. The molecule has 2 saturated heterocycles. The first-order chi connectivity index (χ1) is 20.8. The fourth-order valence-corrected chi connectivity index (χ4v) is 7.29. The van der Waals surface area contributed by atoms with Crippen LogP contribution in [0.3, 0.4) is 0 Å². The molecule has 0 radical (unpaired) electrons. The van der Waals surface area contributed by atoms with Crippen molar-refractivity contribution >= 4 is 23.0 Å². The summed E-state index contributed by atoms with van der Waals surface area (Å²) in [6.07, 6.45) is 7.22. The summed E-state index contributed by atoms with van der Waals surface area (Å²) < 4.78 is 12.6. The average Bonchev–Trinajstić information content (AvgIpc) is 3.41. The van der Waals surface area contributed by atoms with Crippen LogP contribution in [0.1, 0.15) is 61.3 Å². The molecule has 0 saturated carbocycles. The quantitative estimate of drug-likeness (QED) is 0.284. The number of cyclic esters (lactones) is 1. The summed E-state index contributed by atoms with van der Waals surface area (Å²) in [5.74, 6) is -0.395. The maximum Gasteiger partial charge on any atom is 0.415 e. The highest BCUT2D eigenvalue weighted by Crippen LogP contribution is 2.40. The number of benzene rings is 1. The van der Waals surface area contributed by atoms with Crippen LogP contribution < -0.4 is 10.3 Å². The number of aliphatic hydroxyl groups is 1. The Bertz CT molecular complexity index is 1720. The van der Waals surface area contributed by atoms with Crippen LogP contribution in [-0.2, 0) is 34.7 Å². The topological polar surface area (TPSA) is 114 Å². The highest BCUT2D eigenvalue weighted by atomic mass is 16.6. The lowest BCUT2D eigenvalue weighted by atomic mass is 9.88. The fourth-order valence-electron chi connectivity index (χ4n) is 7.29. The Balaban J connectivity index is 1.17. The Kier molecular flexibility index (Phi) is 6.85. The largest absolute Gasteiger partial charge is 0.458 e. The van der Waals surface area contributed by atoms with E-state index in [0.29, 0.717) is 54.8 Å². The number of hydrogen-bond donors (Lipinski definition) is 1. The van der Waals surface area contributed by atoms with Crippen molar-refractivity contribution in [2.75, 3.05) is 26.2 Å². The van der Waals surface area contributed by atoms with Crippen molar-refractivity contribution in [2.45, 2.75) is 70.2 Å². The molecule has 7 rings (SSSR count). The number of amides is 1. The number of piperidine rings is 2. The van der Waals surface area contributed by atoms with Crippen LogP contribution in [0.5, 0.6) is 5.75 Å². The second-order valence-corrected chi connectivity index (χ2v) is 12.0. The number of carbonyl (C=O) groups is 2. The number of likely N-dealkylation sites (tertiary alicyclic amines) is 2. The van der Waals surface area contributed by atoms with Gasteiger partial charge in [0.2, 0.25) is 5.60 Å². The van der Waals surface area contributed by atoms with E-state index in [-0.39, 0.29) is 29.4 Å². The molecule has 6 heterocycles. The molecule has 1 amide bonds. The molecule has 1 atom stereocenters. The van der Waals surface area contributed by atoms with Gasteiger partial charge in [0, 0.05) is 35.6 Å². The lowest BCUT2D eigenvalue weighted by Gasteiger charge is -2.39. The predicted molar refractivity (Wildman–Crippen MR) is 160 cm³/mol. The number of aryl methyl sites for hydroxylation is 1. The number of hydrogen-bond acceptors (Lipinski definition) is 8. The molecule has 10 nitrogen and oxygen atoms in total. The molecule has 0 unspecified atom stereocenters. The highest BCUT2D eigenvalue weighted by molar-refractivity contribution is 5.90. The fraction of sp³-hybridized carbons (Fsp3) is 0.455. The molecule has 2 aromatic heterocycles. The summed E-state index contributed by atoms with van der Waals surface area (Å²) in [5.41, 5.74) is 1.76. The van der Waals surface area contributed by atoms with E-state index < -0.39 is 11.6 Å². The van der Waals surface area contributed by atoms with Crippen LogP contribution in [0, 0.1) is 0 Å². The van der Waals surface area contributed by atoms with Crippen molar-refractivity contribution in [1.82, 2.24) is 19.4 Å². The monoisotopic (exact) mass is 584 g/mol. The summed E-state index contributed by atoms with van der Waals surface area (Å²) in [6, 6.07) is 7.65. The van der Waals surface area contributed by atoms with Crippen molar-refractivity contribution in [3.8, 4) is 17.1 Å². The van der Waals surface area contributed by atoms with Gasteiger partial charge >= 0.3 is 12.1 Å². The van der Waals surface area contributed by atoms with Gasteiger partial charge in [-0.15, -0.1) is 0 Å². The number of fused-ring (bicyclic) bond motifs is 5. The van der Waals surface area contributed by atoms with Gasteiger partial charge in [-0.3, -0.25) is 4.79 Å². The van der Waals surface area contributed by atoms with Gasteiger partial charge in [-0.05, 0) is 81.1 Å². The van der Waals surface area contributed by atoms with Crippen LogP contribution in [0.25, 0.3) is 22.3 Å². The van der Waals surface area contributed by atoms with Gasteiger partial charge in [0.15, 0.2) is 0 Å². The Morgan fingerprint density at radius 2 is 1.91 bits per heavy atom. The lowest BCUT2D eigenvalue weighted by molar-refractivity contribution is -0.165. The summed E-state index contributed by atoms with van der Waals surface area (Å²) in [7, 11) is 0. The van der Waals surface area contributed by atoms with E-state index in [1.807, 2.05) is 19.1 Å². The van der Waals surface area contributed by atoms with Crippen LogP contribution in [0.15, 0.2) is 41.7 Å². The number of carbonyl (C=O) groups excluding carboxylic acids is 2. The first-order valence-corrected chi connectivity index (χ1v) is 15.3. The summed E-state index contributed by atoms with van der Waals surface area (Å²) >= 11 is 0. The third-order valence-corrected chi connectivity index (χ3v) is 9.69. The molecule has 3 aromatic rings. The molecule has 1 N–H and O–H groups in total. The molecule has 4 aliphatic heterocycles. The van der Waals surface area contributed by atoms with Gasteiger partial charge in [-0.25, -0.2) is 14.6 Å². The number of aromatic nitrogens is 2. The Labute approximate surface area is 249 Å². The average molecular weight is 585 g/mol. The van der Waals surface area contributed by atoms with Gasteiger partial charge in [0.25, 0.3) is 5.56 Å². The van der Waals surface area contributed by atoms with Gasteiger partial charge in [0.05, 0.1) is 29.0 Å². The third-order valence-electron chi connectivity index (χ3n) is 9.69. The summed E-state index contributed by atoms with van der Waals surface area (Å²) in [5, 5.41) is 11.9. The minimum atomic E-state index is -2.10. The number of esters is 1. The maximum atomic E-state index is 13.5. The molecule has 4 aliphatic rings.